The molecule has 0 radical (unpaired) electrons. The summed E-state index contributed by atoms with van der Waals surface area (Å²) in [6, 6.07) is 9.46. The third-order valence-electron chi connectivity index (χ3n) is 2.70. The van der Waals surface area contributed by atoms with Crippen molar-refractivity contribution in [3.8, 4) is 6.07 Å². The Kier molecular flexibility index (Phi) is 3.55. The SMILES string of the molecule is N#Cc1ccc(S[C@H]2CCN(C(=O)O)C2)cc1. The molecule has 1 fully saturated rings. The summed E-state index contributed by atoms with van der Waals surface area (Å²) in [5, 5.41) is 17.8. The smallest absolute Gasteiger partial charge is 0.407 e. The number of likely N-dealkylation sites (tertiary alicyclic amines) is 1. The Morgan fingerprint density at radius 1 is 1.47 bits per heavy atom. The maximum absolute atomic E-state index is 10.8. The minimum Gasteiger partial charge on any atom is -0.465 e. The normalized spacial score (nSPS) is 19.0. The molecule has 1 saturated heterocycles. The van der Waals surface area contributed by atoms with Gasteiger partial charge in [0.2, 0.25) is 0 Å². The van der Waals surface area contributed by atoms with Crippen LogP contribution in [0.3, 0.4) is 0 Å². The van der Waals surface area contributed by atoms with E-state index in [1.165, 1.54) is 4.90 Å². The molecule has 1 aliphatic rings. The maximum Gasteiger partial charge on any atom is 0.407 e. The summed E-state index contributed by atoms with van der Waals surface area (Å²) in [6.07, 6.45) is 0.0460. The molecule has 1 atom stereocenters. The van der Waals surface area contributed by atoms with Crippen LogP contribution in [-0.2, 0) is 0 Å². The quantitative estimate of drug-likeness (QED) is 0.872. The zero-order chi connectivity index (χ0) is 12.3. The summed E-state index contributed by atoms with van der Waals surface area (Å²) < 4.78 is 0. The van der Waals surface area contributed by atoms with Gasteiger partial charge in [-0.2, -0.15) is 5.26 Å². The number of carboxylic acid groups (broad SMARTS) is 1. The third kappa shape index (κ3) is 2.92. The van der Waals surface area contributed by atoms with Crippen molar-refractivity contribution in [3.63, 3.8) is 0 Å². The average molecular weight is 248 g/mol. The van der Waals surface area contributed by atoms with E-state index in [4.69, 9.17) is 10.4 Å². The van der Waals surface area contributed by atoms with Crippen molar-refractivity contribution in [3.05, 3.63) is 29.8 Å². The van der Waals surface area contributed by atoms with Crippen LogP contribution in [0.5, 0.6) is 0 Å². The highest BCUT2D eigenvalue weighted by Gasteiger charge is 2.26. The van der Waals surface area contributed by atoms with Crippen molar-refractivity contribution in [1.82, 2.24) is 4.90 Å². The Labute approximate surface area is 104 Å². The molecule has 1 aromatic carbocycles. The fourth-order valence-corrected chi connectivity index (χ4v) is 2.95. The average Bonchev–Trinajstić information content (AvgIpc) is 2.79. The second-order valence-electron chi connectivity index (χ2n) is 3.89. The molecule has 0 bridgehead atoms. The van der Waals surface area contributed by atoms with Gasteiger partial charge in [-0.25, -0.2) is 4.79 Å². The molecule has 0 aliphatic carbocycles. The minimum absolute atomic E-state index is 0.319. The molecule has 4 nitrogen and oxygen atoms in total. The van der Waals surface area contributed by atoms with Gasteiger partial charge in [0.15, 0.2) is 0 Å². The summed E-state index contributed by atoms with van der Waals surface area (Å²) in [6.45, 7) is 1.20. The van der Waals surface area contributed by atoms with E-state index in [0.717, 1.165) is 11.3 Å². The topological polar surface area (TPSA) is 64.3 Å². The van der Waals surface area contributed by atoms with Crippen LogP contribution in [-0.4, -0.2) is 34.4 Å². The maximum atomic E-state index is 10.8. The summed E-state index contributed by atoms with van der Waals surface area (Å²) in [7, 11) is 0. The number of nitriles is 1. The molecule has 88 valence electrons. The van der Waals surface area contributed by atoms with Crippen LogP contribution < -0.4 is 0 Å². The fraction of sp³-hybridized carbons (Fsp3) is 0.333. The molecule has 5 heteroatoms. The third-order valence-corrected chi connectivity index (χ3v) is 3.96. The van der Waals surface area contributed by atoms with Gasteiger partial charge in [0, 0.05) is 23.2 Å². The molecule has 1 heterocycles. The van der Waals surface area contributed by atoms with Crippen molar-refractivity contribution in [2.24, 2.45) is 0 Å². The number of carbonyl (C=O) groups is 1. The van der Waals surface area contributed by atoms with Gasteiger partial charge in [-0.15, -0.1) is 11.8 Å². The lowest BCUT2D eigenvalue weighted by Gasteiger charge is -2.11. The van der Waals surface area contributed by atoms with Crippen molar-refractivity contribution in [2.75, 3.05) is 13.1 Å². The van der Waals surface area contributed by atoms with Crippen LogP contribution in [0.15, 0.2) is 29.2 Å². The number of thioether (sulfide) groups is 1. The summed E-state index contributed by atoms with van der Waals surface area (Å²) >= 11 is 1.68. The first kappa shape index (κ1) is 11.8. The predicted octanol–water partition coefficient (Wildman–Crippen LogP) is 2.40. The van der Waals surface area contributed by atoms with Crippen molar-refractivity contribution >= 4 is 17.9 Å². The Bertz CT molecular complexity index is 453. The van der Waals surface area contributed by atoms with Gasteiger partial charge < -0.3 is 10.0 Å². The van der Waals surface area contributed by atoms with Gasteiger partial charge >= 0.3 is 6.09 Å². The number of benzene rings is 1. The second-order valence-corrected chi connectivity index (χ2v) is 5.27. The molecule has 17 heavy (non-hydrogen) atoms. The van der Waals surface area contributed by atoms with Crippen LogP contribution in [0.2, 0.25) is 0 Å². The van der Waals surface area contributed by atoms with E-state index in [0.29, 0.717) is 23.9 Å². The van der Waals surface area contributed by atoms with Crippen LogP contribution in [0, 0.1) is 11.3 Å². The molecule has 2 rings (SSSR count). The first-order chi connectivity index (χ1) is 8.19. The van der Waals surface area contributed by atoms with Crippen molar-refractivity contribution in [2.45, 2.75) is 16.6 Å². The van der Waals surface area contributed by atoms with E-state index < -0.39 is 6.09 Å². The largest absolute Gasteiger partial charge is 0.465 e. The number of rotatable bonds is 2. The lowest BCUT2D eigenvalue weighted by Crippen LogP contribution is -2.26. The van der Waals surface area contributed by atoms with Gasteiger partial charge in [0.1, 0.15) is 0 Å². The van der Waals surface area contributed by atoms with E-state index in [1.54, 1.807) is 23.9 Å². The van der Waals surface area contributed by atoms with Gasteiger partial charge in [-0.1, -0.05) is 0 Å². The Morgan fingerprint density at radius 3 is 2.71 bits per heavy atom. The Hall–Kier alpha value is -1.67. The summed E-state index contributed by atoms with van der Waals surface area (Å²) in [4.78, 5) is 13.3. The molecule has 1 N–H and O–H groups in total. The summed E-state index contributed by atoms with van der Waals surface area (Å²) in [5.41, 5.74) is 0.646. The van der Waals surface area contributed by atoms with Crippen molar-refractivity contribution in [1.29, 1.82) is 5.26 Å². The number of hydrogen-bond acceptors (Lipinski definition) is 3. The first-order valence-corrected chi connectivity index (χ1v) is 6.21. The van der Waals surface area contributed by atoms with Gasteiger partial charge in [0.25, 0.3) is 0 Å². The lowest BCUT2D eigenvalue weighted by molar-refractivity contribution is 0.156. The van der Waals surface area contributed by atoms with E-state index in [9.17, 15) is 4.79 Å². The van der Waals surface area contributed by atoms with Crippen LogP contribution in [0.1, 0.15) is 12.0 Å². The van der Waals surface area contributed by atoms with E-state index in [2.05, 4.69) is 6.07 Å². The van der Waals surface area contributed by atoms with Gasteiger partial charge in [0.05, 0.1) is 11.6 Å². The van der Waals surface area contributed by atoms with Crippen LogP contribution >= 0.6 is 11.8 Å². The highest BCUT2D eigenvalue weighted by atomic mass is 32.2. The standard InChI is InChI=1S/C12H12N2O2S/c13-7-9-1-3-10(4-2-9)17-11-5-6-14(8-11)12(15)16/h1-4,11H,5-6,8H2,(H,15,16)/t11-/m0/s1. The van der Waals surface area contributed by atoms with E-state index in [-0.39, 0.29) is 0 Å². The number of nitrogens with zero attached hydrogens (tertiary/aromatic N) is 2. The molecule has 0 aromatic heterocycles. The highest BCUT2D eigenvalue weighted by molar-refractivity contribution is 8.00. The zero-order valence-corrected chi connectivity index (χ0v) is 9.98. The monoisotopic (exact) mass is 248 g/mol. The van der Waals surface area contributed by atoms with E-state index >= 15 is 0 Å². The van der Waals surface area contributed by atoms with Gasteiger partial charge in [-0.05, 0) is 30.7 Å². The van der Waals surface area contributed by atoms with Gasteiger partial charge in [-0.3, -0.25) is 0 Å². The Balaban J connectivity index is 1.94. The van der Waals surface area contributed by atoms with E-state index in [1.807, 2.05) is 12.1 Å². The first-order valence-electron chi connectivity index (χ1n) is 5.34. The molecule has 0 unspecified atom stereocenters. The Morgan fingerprint density at radius 2 is 2.18 bits per heavy atom. The number of amides is 1. The molecule has 1 aromatic rings. The number of hydrogen-bond donors (Lipinski definition) is 1. The minimum atomic E-state index is -0.840. The second kappa shape index (κ2) is 5.11. The highest BCUT2D eigenvalue weighted by Crippen LogP contribution is 2.29. The molecule has 0 spiro atoms. The summed E-state index contributed by atoms with van der Waals surface area (Å²) in [5.74, 6) is 0. The fourth-order valence-electron chi connectivity index (χ4n) is 1.80. The molecule has 0 saturated carbocycles. The molecule has 1 amide bonds. The molecular weight excluding hydrogens is 236 g/mol. The lowest BCUT2D eigenvalue weighted by atomic mass is 10.2. The zero-order valence-electron chi connectivity index (χ0n) is 9.17. The van der Waals surface area contributed by atoms with Crippen LogP contribution in [0.25, 0.3) is 0 Å². The molecule has 1 aliphatic heterocycles. The van der Waals surface area contributed by atoms with Crippen molar-refractivity contribution < 1.29 is 9.90 Å². The van der Waals surface area contributed by atoms with Crippen LogP contribution in [0.4, 0.5) is 4.79 Å². The predicted molar refractivity (Wildman–Crippen MR) is 65.0 cm³/mol. The molecular formula is C12H12N2O2S.